The molecular weight excluding hydrogens is 483 g/mol. The van der Waals surface area contributed by atoms with Crippen LogP contribution >= 0.6 is 0 Å². The molecule has 2 amide bonds. The quantitative estimate of drug-likeness (QED) is 0.302. The van der Waals surface area contributed by atoms with Crippen LogP contribution in [0, 0.1) is 20.8 Å². The number of aryl methyl sites for hydroxylation is 3. The Balaban J connectivity index is 1.44. The highest BCUT2D eigenvalue weighted by atomic mass is 19.4. The van der Waals surface area contributed by atoms with Crippen molar-refractivity contribution in [1.82, 2.24) is 14.5 Å². The summed E-state index contributed by atoms with van der Waals surface area (Å²) in [6.45, 7) is 5.58. The van der Waals surface area contributed by atoms with E-state index in [-0.39, 0.29) is 17.2 Å². The van der Waals surface area contributed by atoms with Gasteiger partial charge >= 0.3 is 6.18 Å². The molecule has 4 aromatic rings. The van der Waals surface area contributed by atoms with Gasteiger partial charge in [-0.3, -0.25) is 9.59 Å². The van der Waals surface area contributed by atoms with E-state index in [1.54, 1.807) is 37.4 Å². The lowest BCUT2D eigenvalue weighted by molar-refractivity contribution is -0.137. The first-order valence-electron chi connectivity index (χ1n) is 11.4. The second kappa shape index (κ2) is 8.81. The monoisotopic (exact) mass is 505 g/mol. The summed E-state index contributed by atoms with van der Waals surface area (Å²) in [5, 5.41) is 5.41. The maximum Gasteiger partial charge on any atom is 0.416 e. The molecule has 1 aliphatic heterocycles. The van der Waals surface area contributed by atoms with Gasteiger partial charge in [0.2, 0.25) is 0 Å². The molecule has 5 rings (SSSR count). The topological polar surface area (TPSA) is 91.8 Å². The number of hydrogen-bond donors (Lipinski definition) is 3. The van der Waals surface area contributed by atoms with Gasteiger partial charge in [-0.2, -0.15) is 13.2 Å². The molecule has 0 atom stereocenters. The number of nitrogens with one attached hydrogen (secondary N) is 3. The van der Waals surface area contributed by atoms with Crippen LogP contribution in [0.4, 0.5) is 24.5 Å². The van der Waals surface area contributed by atoms with Crippen molar-refractivity contribution in [1.29, 1.82) is 0 Å². The number of benzene rings is 2. The maximum absolute atomic E-state index is 13.6. The molecule has 1 aliphatic rings. The van der Waals surface area contributed by atoms with Crippen LogP contribution in [-0.4, -0.2) is 26.3 Å². The summed E-state index contributed by atoms with van der Waals surface area (Å²) in [6.07, 6.45) is 0.0826. The normalized spacial score (nSPS) is 14.1. The summed E-state index contributed by atoms with van der Waals surface area (Å²) in [5.74, 6) is -1.01. The number of nitrogens with zero attached hydrogens (tertiary/aromatic N) is 2. The summed E-state index contributed by atoms with van der Waals surface area (Å²) in [7, 11) is 0. The second-order valence-electron chi connectivity index (χ2n) is 8.96. The van der Waals surface area contributed by atoms with E-state index in [4.69, 9.17) is 0 Å². The number of carbonyl (C=O) groups excluding carboxylic acids is 2. The molecule has 188 valence electrons. The van der Waals surface area contributed by atoms with E-state index in [2.05, 4.69) is 20.6 Å². The van der Waals surface area contributed by atoms with Gasteiger partial charge in [0.15, 0.2) is 0 Å². The Hall–Kier alpha value is -4.60. The summed E-state index contributed by atoms with van der Waals surface area (Å²) in [5.41, 5.74) is 4.41. The number of aromatic nitrogens is 3. The Morgan fingerprint density at radius 1 is 1.08 bits per heavy atom. The lowest BCUT2D eigenvalue weighted by atomic mass is 10.0. The molecule has 2 aromatic heterocycles. The minimum atomic E-state index is -4.64. The van der Waals surface area contributed by atoms with Gasteiger partial charge in [0.1, 0.15) is 0 Å². The van der Waals surface area contributed by atoms with E-state index in [1.165, 1.54) is 17.0 Å². The third kappa shape index (κ3) is 4.77. The second-order valence-corrected chi connectivity index (χ2v) is 8.96. The van der Waals surface area contributed by atoms with Crippen molar-refractivity contribution in [3.05, 3.63) is 94.3 Å². The smallest absolute Gasteiger partial charge is 0.359 e. The molecule has 0 saturated carbocycles. The first-order valence-corrected chi connectivity index (χ1v) is 11.4. The maximum atomic E-state index is 13.6. The Morgan fingerprint density at radius 2 is 1.86 bits per heavy atom. The van der Waals surface area contributed by atoms with E-state index >= 15 is 0 Å². The third-order valence-corrected chi connectivity index (χ3v) is 6.06. The van der Waals surface area contributed by atoms with E-state index in [9.17, 15) is 22.8 Å². The van der Waals surface area contributed by atoms with E-state index in [0.717, 1.165) is 29.1 Å². The standard InChI is InChI=1S/C27H22F3N5O2/c1-14-6-15(2)32-23(14)11-22-21-5-4-19(10-24(21)34-26(22)37)33-25(36)17-7-18(27(28,29)30)9-20(8-17)35-12-16(3)31-13-35/h4-13,32H,1-3H3,(H,33,36)(H,34,37)/b22-11-. The van der Waals surface area contributed by atoms with Gasteiger partial charge < -0.3 is 20.2 Å². The molecule has 3 N–H and O–H groups in total. The largest absolute Gasteiger partial charge is 0.416 e. The van der Waals surface area contributed by atoms with Crippen LogP contribution in [0.3, 0.4) is 0 Å². The van der Waals surface area contributed by atoms with Crippen molar-refractivity contribution >= 4 is 34.8 Å². The predicted octanol–water partition coefficient (Wildman–Crippen LogP) is 5.89. The minimum Gasteiger partial charge on any atom is -0.359 e. The van der Waals surface area contributed by atoms with E-state index in [0.29, 0.717) is 28.2 Å². The zero-order chi connectivity index (χ0) is 26.5. The molecule has 7 nitrogen and oxygen atoms in total. The number of alkyl halides is 3. The number of anilines is 2. The van der Waals surface area contributed by atoms with Gasteiger partial charge in [-0.15, -0.1) is 0 Å². The fourth-order valence-electron chi connectivity index (χ4n) is 4.28. The van der Waals surface area contributed by atoms with Gasteiger partial charge in [0.05, 0.1) is 28.8 Å². The Bertz CT molecular complexity index is 1590. The Kier molecular flexibility index (Phi) is 5.74. The molecule has 0 aliphatic carbocycles. The van der Waals surface area contributed by atoms with Gasteiger partial charge in [-0.05, 0) is 68.8 Å². The molecule has 2 aromatic carbocycles. The van der Waals surface area contributed by atoms with Gasteiger partial charge in [0, 0.05) is 40.1 Å². The van der Waals surface area contributed by atoms with E-state index in [1.807, 2.05) is 19.9 Å². The molecular formula is C27H22F3N5O2. The van der Waals surface area contributed by atoms with Crippen LogP contribution in [-0.2, 0) is 11.0 Å². The van der Waals surface area contributed by atoms with Crippen molar-refractivity contribution in [2.45, 2.75) is 26.9 Å². The summed E-state index contributed by atoms with van der Waals surface area (Å²) < 4.78 is 42.1. The highest BCUT2D eigenvalue weighted by Gasteiger charge is 2.32. The SMILES string of the molecule is Cc1cn(-c2cc(C(=O)Nc3ccc4c(c3)NC(=O)/C4=C\c3[nH]c(C)cc3C)cc(C(F)(F)F)c2)cn1. The number of imidazole rings is 1. The third-order valence-electron chi connectivity index (χ3n) is 6.06. The Morgan fingerprint density at radius 3 is 2.51 bits per heavy atom. The number of fused-ring (bicyclic) bond motifs is 1. The van der Waals surface area contributed by atoms with Crippen molar-refractivity contribution in [3.63, 3.8) is 0 Å². The molecule has 37 heavy (non-hydrogen) atoms. The fraction of sp³-hybridized carbons (Fsp3) is 0.148. The highest BCUT2D eigenvalue weighted by Crippen LogP contribution is 2.36. The Labute approximate surface area is 210 Å². The number of H-pyrrole nitrogens is 1. The number of rotatable bonds is 4. The van der Waals surface area contributed by atoms with Crippen LogP contribution in [0.1, 0.15) is 44.1 Å². The molecule has 0 bridgehead atoms. The molecule has 0 saturated heterocycles. The summed E-state index contributed by atoms with van der Waals surface area (Å²) in [6, 6.07) is 9.97. The van der Waals surface area contributed by atoms with E-state index < -0.39 is 17.6 Å². The van der Waals surface area contributed by atoms with Crippen LogP contribution in [0.2, 0.25) is 0 Å². The van der Waals surface area contributed by atoms with Gasteiger partial charge in [-0.25, -0.2) is 4.98 Å². The van der Waals surface area contributed by atoms with Crippen LogP contribution in [0.15, 0.2) is 55.0 Å². The van der Waals surface area contributed by atoms with Gasteiger partial charge in [-0.1, -0.05) is 6.07 Å². The number of amides is 2. The molecule has 0 fully saturated rings. The van der Waals surface area contributed by atoms with Crippen molar-refractivity contribution < 1.29 is 22.8 Å². The zero-order valence-electron chi connectivity index (χ0n) is 20.1. The van der Waals surface area contributed by atoms with Crippen molar-refractivity contribution in [2.75, 3.05) is 10.6 Å². The van der Waals surface area contributed by atoms with Crippen LogP contribution in [0.25, 0.3) is 17.3 Å². The average Bonchev–Trinajstić information content (AvgIpc) is 3.49. The van der Waals surface area contributed by atoms with Crippen molar-refractivity contribution in [2.24, 2.45) is 0 Å². The number of aromatic amines is 1. The molecule has 10 heteroatoms. The minimum absolute atomic E-state index is 0.159. The first-order chi connectivity index (χ1) is 17.5. The highest BCUT2D eigenvalue weighted by molar-refractivity contribution is 6.35. The van der Waals surface area contributed by atoms with Crippen LogP contribution in [0.5, 0.6) is 0 Å². The summed E-state index contributed by atoms with van der Waals surface area (Å²) in [4.78, 5) is 32.9. The molecule has 3 heterocycles. The number of halogens is 3. The first kappa shape index (κ1) is 24.1. The fourth-order valence-corrected chi connectivity index (χ4v) is 4.28. The lowest BCUT2D eigenvalue weighted by Gasteiger charge is -2.13. The molecule has 0 radical (unpaired) electrons. The summed E-state index contributed by atoms with van der Waals surface area (Å²) >= 11 is 0. The van der Waals surface area contributed by atoms with Gasteiger partial charge in [0.25, 0.3) is 11.8 Å². The lowest BCUT2D eigenvalue weighted by Crippen LogP contribution is -2.15. The molecule has 0 unspecified atom stereocenters. The zero-order valence-corrected chi connectivity index (χ0v) is 20.1. The average molecular weight is 506 g/mol. The van der Waals surface area contributed by atoms with Crippen LogP contribution < -0.4 is 10.6 Å². The van der Waals surface area contributed by atoms with Crippen molar-refractivity contribution in [3.8, 4) is 5.69 Å². The number of carbonyl (C=O) groups is 2. The predicted molar refractivity (Wildman–Crippen MR) is 134 cm³/mol. The number of hydrogen-bond acceptors (Lipinski definition) is 3. The molecule has 0 spiro atoms.